The van der Waals surface area contributed by atoms with Crippen LogP contribution < -0.4 is 21.6 Å². The molecule has 1 fully saturated rings. The minimum absolute atomic E-state index is 0.0497. The number of hydrazine groups is 2. The topological polar surface area (TPSA) is 136 Å². The molecule has 0 saturated heterocycles. The van der Waals surface area contributed by atoms with Crippen LogP contribution in [0.4, 0.5) is 11.4 Å². The van der Waals surface area contributed by atoms with Crippen LogP contribution in [-0.4, -0.2) is 22.1 Å². The molecule has 0 bridgehead atoms. The molecular formula is C29H28ClN9. The molecular weight excluding hydrogens is 510 g/mol. The van der Waals surface area contributed by atoms with Crippen LogP contribution in [0.1, 0.15) is 57.7 Å². The van der Waals surface area contributed by atoms with Gasteiger partial charge in [0.25, 0.3) is 0 Å². The normalized spacial score (nSPS) is 17.5. The average Bonchev–Trinajstić information content (AvgIpc) is 3.57. The standard InChI is InChI=1S/C29H28ClN9/c1-28(2,3)17-35-25-20(13-32)14-34-27-22(25)10-21(11-23(27)30)36-26(19-6-4-5-18(9-19)12-31)24-15-39(38-37-24)29(16-33)7-8-29/h4-6,9-11,14-15,26,36-38H,7-8,17H2,1-3H3,(H,34,35)/t26-/m1/s1/i26D. The number of halogens is 1. The van der Waals surface area contributed by atoms with Crippen LogP contribution in [-0.2, 0) is 0 Å². The van der Waals surface area contributed by atoms with E-state index in [9.17, 15) is 17.2 Å². The Morgan fingerprint density at radius 2 is 2.00 bits per heavy atom. The van der Waals surface area contributed by atoms with E-state index >= 15 is 0 Å². The van der Waals surface area contributed by atoms with Gasteiger partial charge in [-0.2, -0.15) is 15.8 Å². The fraction of sp³-hybridized carbons (Fsp3) is 0.310. The summed E-state index contributed by atoms with van der Waals surface area (Å²) in [5, 5.41) is 38.4. The van der Waals surface area contributed by atoms with Crippen LogP contribution in [0.5, 0.6) is 0 Å². The van der Waals surface area contributed by atoms with Gasteiger partial charge in [0.05, 0.1) is 52.6 Å². The number of rotatable bonds is 7. The van der Waals surface area contributed by atoms with Crippen molar-refractivity contribution >= 4 is 33.9 Å². The van der Waals surface area contributed by atoms with Crippen LogP contribution in [0.15, 0.2) is 54.5 Å². The van der Waals surface area contributed by atoms with Crippen molar-refractivity contribution in [2.24, 2.45) is 5.41 Å². The molecule has 1 aliphatic heterocycles. The zero-order chi connectivity index (χ0) is 28.7. The number of anilines is 2. The second kappa shape index (κ2) is 10.0. The van der Waals surface area contributed by atoms with Crippen LogP contribution in [0.3, 0.4) is 0 Å². The van der Waals surface area contributed by atoms with Gasteiger partial charge in [-0.3, -0.25) is 9.99 Å². The number of nitrogens with one attached hydrogen (secondary N) is 4. The number of nitrogens with zero attached hydrogens (tertiary/aromatic N) is 5. The largest absolute Gasteiger partial charge is 0.383 e. The molecule has 1 aliphatic carbocycles. The lowest BCUT2D eigenvalue weighted by Gasteiger charge is -2.23. The molecule has 196 valence electrons. The summed E-state index contributed by atoms with van der Waals surface area (Å²) in [6, 6.07) is 15.4. The first kappa shape index (κ1) is 24.8. The van der Waals surface area contributed by atoms with E-state index in [4.69, 9.17) is 11.6 Å². The minimum Gasteiger partial charge on any atom is -0.383 e. The van der Waals surface area contributed by atoms with Gasteiger partial charge >= 0.3 is 0 Å². The second-order valence-corrected chi connectivity index (χ2v) is 11.3. The van der Waals surface area contributed by atoms with Gasteiger partial charge in [-0.25, -0.2) is 0 Å². The van der Waals surface area contributed by atoms with Crippen molar-refractivity contribution in [2.45, 2.75) is 45.2 Å². The Hall–Kier alpha value is -4.49. The summed E-state index contributed by atoms with van der Waals surface area (Å²) in [6.45, 7) is 6.89. The van der Waals surface area contributed by atoms with Crippen molar-refractivity contribution in [3.05, 3.63) is 76.2 Å². The second-order valence-electron chi connectivity index (χ2n) is 10.9. The Morgan fingerprint density at radius 3 is 2.67 bits per heavy atom. The zero-order valence-electron chi connectivity index (χ0n) is 22.9. The lowest BCUT2D eigenvalue weighted by molar-refractivity contribution is 0.217. The van der Waals surface area contributed by atoms with Crippen molar-refractivity contribution < 1.29 is 1.37 Å². The van der Waals surface area contributed by atoms with Crippen LogP contribution in [0, 0.1) is 39.4 Å². The highest BCUT2D eigenvalue weighted by molar-refractivity contribution is 6.35. The molecule has 5 rings (SSSR count). The quantitative estimate of drug-likeness (QED) is 0.309. The monoisotopic (exact) mass is 538 g/mol. The molecule has 2 aromatic carbocycles. The van der Waals surface area contributed by atoms with Gasteiger partial charge in [-0.1, -0.05) is 44.5 Å². The number of hydrogen-bond acceptors (Lipinski definition) is 9. The zero-order valence-corrected chi connectivity index (χ0v) is 22.6. The average molecular weight is 539 g/mol. The summed E-state index contributed by atoms with van der Waals surface area (Å²) in [5.74, 6) is 0. The highest BCUT2D eigenvalue weighted by atomic mass is 35.5. The van der Waals surface area contributed by atoms with E-state index in [0.29, 0.717) is 69.1 Å². The Bertz CT molecular complexity index is 1650. The highest BCUT2D eigenvalue weighted by Crippen LogP contribution is 2.42. The molecule has 0 spiro atoms. The van der Waals surface area contributed by atoms with Gasteiger partial charge in [-0.05, 0) is 48.1 Å². The number of aromatic nitrogens is 1. The molecule has 1 saturated carbocycles. The molecule has 0 radical (unpaired) electrons. The maximum Gasteiger partial charge on any atom is 0.143 e. The lowest BCUT2D eigenvalue weighted by Crippen LogP contribution is -2.44. The maximum atomic E-state index is 9.80. The predicted octanol–water partition coefficient (Wildman–Crippen LogP) is 5.47. The summed E-state index contributed by atoms with van der Waals surface area (Å²) in [4.78, 5) is 4.43. The Kier molecular flexibility index (Phi) is 6.37. The van der Waals surface area contributed by atoms with Gasteiger partial charge in [0, 0.05) is 30.0 Å². The molecule has 2 heterocycles. The summed E-state index contributed by atoms with van der Waals surface area (Å²) in [5.41, 5.74) is 8.72. The third-order valence-corrected chi connectivity index (χ3v) is 6.91. The van der Waals surface area contributed by atoms with E-state index < -0.39 is 11.6 Å². The van der Waals surface area contributed by atoms with Crippen molar-refractivity contribution in [1.29, 1.82) is 15.8 Å². The SMILES string of the molecule is [2H][C@](Nc1cc(Cl)c2ncc(C#N)c(NCC(C)(C)C)c2c1)(C1=CN(C2(C#N)CC2)NN1)c1cccc(C#N)c1. The first-order valence-electron chi connectivity index (χ1n) is 13.0. The number of hydrogen-bond donors (Lipinski definition) is 4. The van der Waals surface area contributed by atoms with Crippen LogP contribution in [0.25, 0.3) is 10.9 Å². The number of nitriles is 3. The first-order valence-corrected chi connectivity index (χ1v) is 12.9. The third-order valence-electron chi connectivity index (χ3n) is 6.62. The molecule has 10 heteroatoms. The molecule has 39 heavy (non-hydrogen) atoms. The first-order chi connectivity index (χ1) is 19.0. The van der Waals surface area contributed by atoms with Gasteiger partial charge in [0.2, 0.25) is 0 Å². The van der Waals surface area contributed by atoms with Crippen molar-refractivity contribution in [1.82, 2.24) is 21.0 Å². The van der Waals surface area contributed by atoms with E-state index in [2.05, 4.69) is 65.6 Å². The number of fused-ring (bicyclic) bond motifs is 1. The lowest BCUT2D eigenvalue weighted by atomic mass is 9.96. The summed E-state index contributed by atoms with van der Waals surface area (Å²) in [7, 11) is 0. The summed E-state index contributed by atoms with van der Waals surface area (Å²) in [6.07, 6.45) is 4.64. The smallest absolute Gasteiger partial charge is 0.143 e. The predicted molar refractivity (Wildman–Crippen MR) is 151 cm³/mol. The molecule has 2 aliphatic rings. The van der Waals surface area contributed by atoms with Gasteiger partial charge in [0.1, 0.15) is 11.6 Å². The van der Waals surface area contributed by atoms with E-state index in [-0.39, 0.29) is 5.41 Å². The van der Waals surface area contributed by atoms with Gasteiger partial charge in [-0.15, -0.1) is 5.53 Å². The minimum atomic E-state index is -1.61. The summed E-state index contributed by atoms with van der Waals surface area (Å²) < 4.78 is 9.69. The van der Waals surface area contributed by atoms with E-state index in [1.807, 2.05) is 6.07 Å². The fourth-order valence-electron chi connectivity index (χ4n) is 4.34. The van der Waals surface area contributed by atoms with E-state index in [1.165, 1.54) is 6.20 Å². The molecule has 3 aromatic rings. The highest BCUT2D eigenvalue weighted by Gasteiger charge is 2.50. The molecule has 4 N–H and O–H groups in total. The van der Waals surface area contributed by atoms with Crippen LogP contribution in [0.2, 0.25) is 5.02 Å². The van der Waals surface area contributed by atoms with Gasteiger partial charge in [0.15, 0.2) is 0 Å². The summed E-state index contributed by atoms with van der Waals surface area (Å²) >= 11 is 6.71. The number of benzene rings is 2. The van der Waals surface area contributed by atoms with E-state index in [0.717, 1.165) is 0 Å². The fourth-order valence-corrected chi connectivity index (χ4v) is 4.61. The maximum absolute atomic E-state index is 9.80. The molecule has 0 unspecified atom stereocenters. The van der Waals surface area contributed by atoms with Crippen LogP contribution >= 0.6 is 11.6 Å². The van der Waals surface area contributed by atoms with Crippen molar-refractivity contribution in [3.63, 3.8) is 0 Å². The molecule has 1 atom stereocenters. The van der Waals surface area contributed by atoms with E-state index in [1.54, 1.807) is 41.5 Å². The molecule has 0 amide bonds. The Balaban J connectivity index is 1.63. The van der Waals surface area contributed by atoms with Crippen molar-refractivity contribution in [3.8, 4) is 18.2 Å². The molecule has 9 nitrogen and oxygen atoms in total. The third kappa shape index (κ3) is 5.26. The Labute approximate surface area is 234 Å². The number of pyridine rings is 1. The molecule has 1 aromatic heterocycles. The Morgan fingerprint density at radius 1 is 1.21 bits per heavy atom. The van der Waals surface area contributed by atoms with Crippen molar-refractivity contribution in [2.75, 3.05) is 17.2 Å². The van der Waals surface area contributed by atoms with Gasteiger partial charge < -0.3 is 16.1 Å².